The molecule has 10 rings (SSSR count). The molecule has 1 aromatic heterocycles. The Balaban J connectivity index is 1.14. The first-order valence-electron chi connectivity index (χ1n) is 19.5. The minimum absolute atomic E-state index is 0.00450. The van der Waals surface area contributed by atoms with Crippen molar-refractivity contribution in [2.45, 2.75) is 54.9 Å². The maximum atomic E-state index is 5.76. The smallest absolute Gasteiger partial charge is 0.0782 e. The number of aromatic nitrogens is 1. The van der Waals surface area contributed by atoms with Crippen molar-refractivity contribution in [2.75, 3.05) is 0 Å². The van der Waals surface area contributed by atoms with E-state index in [9.17, 15) is 0 Å². The van der Waals surface area contributed by atoms with Crippen LogP contribution in [0.4, 0.5) is 0 Å². The van der Waals surface area contributed by atoms with Gasteiger partial charge in [0.15, 0.2) is 0 Å². The Kier molecular flexibility index (Phi) is 8.30. The molecule has 2 atom stereocenters. The van der Waals surface area contributed by atoms with E-state index < -0.39 is 5.41 Å². The minimum Gasteiger partial charge on any atom is -0.276 e. The van der Waals surface area contributed by atoms with Crippen molar-refractivity contribution in [3.8, 4) is 22.3 Å². The number of hydrogen-bond acceptors (Lipinski definition) is 3. The highest BCUT2D eigenvalue weighted by Crippen LogP contribution is 2.62. The first-order chi connectivity index (χ1) is 27.0. The average molecular weight is 727 g/mol. The molecule has 0 amide bonds. The van der Waals surface area contributed by atoms with E-state index in [1.54, 1.807) is 0 Å². The van der Waals surface area contributed by atoms with E-state index in [4.69, 9.17) is 9.98 Å². The molecule has 0 saturated carbocycles. The molecule has 2 aliphatic heterocycles. The summed E-state index contributed by atoms with van der Waals surface area (Å²) in [5.74, 6) is 0.313. The second kappa shape index (κ2) is 13.5. The summed E-state index contributed by atoms with van der Waals surface area (Å²) in [6.07, 6.45) is 4.36. The molecule has 0 radical (unpaired) electrons. The number of aliphatic imine (C=N–C) groups is 1. The van der Waals surface area contributed by atoms with Crippen LogP contribution < -0.4 is 0 Å². The summed E-state index contributed by atoms with van der Waals surface area (Å²) in [5.41, 5.74) is 18.2. The Bertz CT molecular complexity index is 2640. The molecule has 0 saturated heterocycles. The molecule has 3 aliphatic rings. The van der Waals surface area contributed by atoms with Crippen LogP contribution in [-0.2, 0) is 5.41 Å². The number of aryl methyl sites for hydroxylation is 2. The zero-order chi connectivity index (χ0) is 37.1. The third kappa shape index (κ3) is 5.55. The second-order valence-electron chi connectivity index (χ2n) is 15.4. The molecule has 3 heterocycles. The van der Waals surface area contributed by atoms with Crippen molar-refractivity contribution in [3.63, 3.8) is 0 Å². The Morgan fingerprint density at radius 1 is 0.564 bits per heavy atom. The fraction of sp³-hybridized carbons (Fsp3) is 0.154. The van der Waals surface area contributed by atoms with Crippen molar-refractivity contribution in [2.24, 2.45) is 10.9 Å². The first kappa shape index (κ1) is 33.8. The Morgan fingerprint density at radius 3 is 1.96 bits per heavy atom. The Morgan fingerprint density at radius 2 is 1.20 bits per heavy atom. The maximum absolute atomic E-state index is 5.76. The maximum Gasteiger partial charge on any atom is 0.0782 e. The van der Waals surface area contributed by atoms with Crippen LogP contribution in [0.15, 0.2) is 179 Å². The van der Waals surface area contributed by atoms with Gasteiger partial charge in [0, 0.05) is 26.7 Å². The van der Waals surface area contributed by atoms with Gasteiger partial charge in [0.1, 0.15) is 0 Å². The molecular formula is C52H42N2S. The fourth-order valence-corrected chi connectivity index (χ4v) is 10.6. The van der Waals surface area contributed by atoms with Crippen molar-refractivity contribution in [1.29, 1.82) is 0 Å². The van der Waals surface area contributed by atoms with Crippen molar-refractivity contribution < 1.29 is 0 Å². The van der Waals surface area contributed by atoms with E-state index in [0.717, 1.165) is 35.5 Å². The normalized spacial score (nSPS) is 19.8. The second-order valence-corrected chi connectivity index (χ2v) is 16.5. The Hall–Kier alpha value is -5.77. The molecule has 2 nitrogen and oxygen atoms in total. The molecule has 1 aliphatic carbocycles. The quantitative estimate of drug-likeness (QED) is 0.180. The van der Waals surface area contributed by atoms with Gasteiger partial charge in [-0.15, -0.1) is 0 Å². The molecule has 266 valence electrons. The van der Waals surface area contributed by atoms with Crippen LogP contribution in [0.25, 0.3) is 27.8 Å². The van der Waals surface area contributed by atoms with Gasteiger partial charge in [0.25, 0.3) is 0 Å². The van der Waals surface area contributed by atoms with Gasteiger partial charge in [0.05, 0.1) is 17.2 Å². The van der Waals surface area contributed by atoms with E-state index in [-0.39, 0.29) is 6.04 Å². The zero-order valence-electron chi connectivity index (χ0n) is 31.5. The van der Waals surface area contributed by atoms with E-state index >= 15 is 0 Å². The highest BCUT2D eigenvalue weighted by atomic mass is 32.2. The average Bonchev–Trinajstić information content (AvgIpc) is 3.50. The number of benzene rings is 6. The minimum atomic E-state index is -0.402. The van der Waals surface area contributed by atoms with Crippen molar-refractivity contribution in [1.82, 2.24) is 4.98 Å². The lowest BCUT2D eigenvalue weighted by atomic mass is 9.67. The van der Waals surface area contributed by atoms with Crippen LogP contribution in [0.2, 0.25) is 0 Å². The van der Waals surface area contributed by atoms with Crippen molar-refractivity contribution in [3.05, 3.63) is 214 Å². The predicted octanol–water partition coefficient (Wildman–Crippen LogP) is 13.2. The van der Waals surface area contributed by atoms with E-state index in [0.29, 0.717) is 5.92 Å². The lowest BCUT2D eigenvalue weighted by molar-refractivity contribution is 0.444. The van der Waals surface area contributed by atoms with Crippen LogP contribution in [0, 0.1) is 19.8 Å². The van der Waals surface area contributed by atoms with Gasteiger partial charge in [-0.2, -0.15) is 0 Å². The third-order valence-corrected chi connectivity index (χ3v) is 13.2. The molecule has 3 heteroatoms. The molecular weight excluding hydrogens is 685 g/mol. The van der Waals surface area contributed by atoms with Gasteiger partial charge < -0.3 is 0 Å². The molecule has 0 fully saturated rings. The summed E-state index contributed by atoms with van der Waals surface area (Å²) < 4.78 is 0. The summed E-state index contributed by atoms with van der Waals surface area (Å²) in [5, 5.41) is 0. The molecule has 7 aromatic rings. The van der Waals surface area contributed by atoms with Gasteiger partial charge >= 0.3 is 0 Å². The molecule has 1 spiro atoms. The summed E-state index contributed by atoms with van der Waals surface area (Å²) in [6, 6.07) is 58.5. The van der Waals surface area contributed by atoms with Crippen LogP contribution in [0.3, 0.4) is 0 Å². The largest absolute Gasteiger partial charge is 0.276 e. The number of pyridine rings is 1. The van der Waals surface area contributed by atoms with Crippen LogP contribution in [0.1, 0.15) is 76.1 Å². The van der Waals surface area contributed by atoms with Crippen LogP contribution in [-0.4, -0.2) is 10.7 Å². The van der Waals surface area contributed by atoms with E-state index in [1.165, 1.54) is 71.0 Å². The summed E-state index contributed by atoms with van der Waals surface area (Å²) >= 11 is 1.90. The fourth-order valence-electron chi connectivity index (χ4n) is 9.42. The number of fused-ring (bicyclic) bond motifs is 9. The lowest BCUT2D eigenvalue weighted by Gasteiger charge is -2.40. The predicted molar refractivity (Wildman–Crippen MR) is 229 cm³/mol. The molecule has 55 heavy (non-hydrogen) atoms. The van der Waals surface area contributed by atoms with E-state index in [2.05, 4.69) is 185 Å². The van der Waals surface area contributed by atoms with Crippen LogP contribution in [0.5, 0.6) is 0 Å². The number of nitrogens with zero attached hydrogens (tertiary/aromatic N) is 2. The Labute approximate surface area is 328 Å². The lowest BCUT2D eigenvalue weighted by Crippen LogP contribution is -2.32. The monoisotopic (exact) mass is 726 g/mol. The topological polar surface area (TPSA) is 25.2 Å². The van der Waals surface area contributed by atoms with Gasteiger partial charge in [-0.25, -0.2) is 0 Å². The summed E-state index contributed by atoms with van der Waals surface area (Å²) in [7, 11) is 0. The number of allylic oxidation sites excluding steroid dienone is 2. The molecule has 6 aromatic carbocycles. The summed E-state index contributed by atoms with van der Waals surface area (Å²) in [6.45, 7) is 6.56. The molecule has 0 N–H and O–H groups in total. The van der Waals surface area contributed by atoms with Crippen molar-refractivity contribution >= 4 is 23.0 Å². The summed E-state index contributed by atoms with van der Waals surface area (Å²) in [4.78, 5) is 13.2. The zero-order valence-corrected chi connectivity index (χ0v) is 32.3. The van der Waals surface area contributed by atoms with Gasteiger partial charge in [-0.3, -0.25) is 9.98 Å². The van der Waals surface area contributed by atoms with Gasteiger partial charge in [-0.05, 0) is 124 Å². The van der Waals surface area contributed by atoms with E-state index in [1.807, 2.05) is 11.8 Å². The van der Waals surface area contributed by atoms with Gasteiger partial charge in [0.2, 0.25) is 0 Å². The highest BCUT2D eigenvalue weighted by Gasteiger charge is 2.50. The molecule has 0 bridgehead atoms. The standard InChI is InChI=1S/C52H42N2S/c1-33-24-26-38(37-16-13-17-39(30-37)41-28-25-34(2)53-35(41)3)32-48(36-14-5-4-6-15-36)54-51(33)40-27-29-43-42-18-7-8-19-44(42)52(47(43)31-40)45-20-9-11-22-49(45)55-50-23-12-10-21-46(50)52/h4-23,25,27-33,51H,24,26H2,1-3H3/b38-32+,54-48+. The first-order valence-corrected chi connectivity index (χ1v) is 20.3. The van der Waals surface area contributed by atoms with Gasteiger partial charge in [-0.1, -0.05) is 152 Å². The van der Waals surface area contributed by atoms with Crippen LogP contribution >= 0.6 is 11.8 Å². The molecule has 2 unspecified atom stereocenters. The SMILES string of the molecule is Cc1ccc(-c2cccc(/C3=C/C(c4ccccc4)=N\C(c4ccc5c(c4)C4(c6ccccc6Sc6ccccc64)c4ccccc4-5)C(C)CC3)c2)c(C)n1. The third-order valence-electron chi connectivity index (χ3n) is 12.0. The highest BCUT2D eigenvalue weighted by molar-refractivity contribution is 7.99. The number of rotatable bonds is 4. The number of hydrogen-bond donors (Lipinski definition) is 0.